The Balaban J connectivity index is 0.000000413. The number of benzene rings is 2. The lowest BCUT2D eigenvalue weighted by Gasteiger charge is -2.36. The number of carboxylic acids is 1. The van der Waals surface area contributed by atoms with Crippen LogP contribution < -0.4 is 22.5 Å². The number of carboxylic acid groups (broad SMARTS) is 1. The van der Waals surface area contributed by atoms with Crippen LogP contribution in [0.15, 0.2) is 36.4 Å². The summed E-state index contributed by atoms with van der Waals surface area (Å²) in [5.74, 6) is -1.24. The van der Waals surface area contributed by atoms with Gasteiger partial charge in [-0.25, -0.2) is 4.39 Å². The van der Waals surface area contributed by atoms with Crippen LogP contribution in [0.1, 0.15) is 105 Å². The third-order valence-electron chi connectivity index (χ3n) is 9.57. The van der Waals surface area contributed by atoms with E-state index < -0.39 is 12.0 Å². The Morgan fingerprint density at radius 2 is 1.78 bits per heavy atom. The molecule has 0 radical (unpaired) electrons. The zero-order chi connectivity index (χ0) is 33.9. The molecule has 2 heterocycles. The summed E-state index contributed by atoms with van der Waals surface area (Å²) in [5.41, 5.74) is 19.9. The molecule has 1 aromatic heterocycles. The molecule has 9 nitrogen and oxygen atoms in total. The lowest BCUT2D eigenvalue weighted by Crippen LogP contribution is -2.35. The number of anilines is 1. The summed E-state index contributed by atoms with van der Waals surface area (Å²) in [6.07, 6.45) is 12.0. The van der Waals surface area contributed by atoms with Gasteiger partial charge in [-0.15, -0.1) is 0 Å². The highest BCUT2D eigenvalue weighted by Gasteiger charge is 2.39. The van der Waals surface area contributed by atoms with Crippen LogP contribution in [0, 0.1) is 11.2 Å². The molecule has 0 amide bonds. The van der Waals surface area contributed by atoms with Crippen molar-refractivity contribution < 1.29 is 23.9 Å². The Labute approximate surface area is 272 Å². The van der Waals surface area contributed by atoms with Crippen molar-refractivity contribution in [2.45, 2.75) is 103 Å². The number of nitrogens with one attached hydrogen (secondary N) is 1. The van der Waals surface area contributed by atoms with E-state index in [9.17, 15) is 18.8 Å². The van der Waals surface area contributed by atoms with Crippen LogP contribution in [0.2, 0.25) is 0 Å². The second kappa shape index (κ2) is 17.4. The summed E-state index contributed by atoms with van der Waals surface area (Å²) < 4.78 is 16.0. The molecule has 0 bridgehead atoms. The summed E-state index contributed by atoms with van der Waals surface area (Å²) in [6.45, 7) is 4.91. The number of unbranched alkanes of at least 4 members (excludes halogenated alkanes) is 1. The van der Waals surface area contributed by atoms with Crippen molar-refractivity contribution in [2.75, 3.05) is 18.9 Å². The Morgan fingerprint density at radius 3 is 2.39 bits per heavy atom. The van der Waals surface area contributed by atoms with E-state index in [2.05, 4.69) is 31.0 Å². The van der Waals surface area contributed by atoms with Gasteiger partial charge in [-0.05, 0) is 99.8 Å². The Hall–Kier alpha value is -3.60. The number of aldehydes is 1. The molecule has 10 heteroatoms. The first-order valence-corrected chi connectivity index (χ1v) is 16.6. The summed E-state index contributed by atoms with van der Waals surface area (Å²) in [4.78, 5) is 35.4. The number of fused-ring (bicyclic) bond motifs is 3. The minimum atomic E-state index is -0.933. The highest BCUT2D eigenvalue weighted by atomic mass is 19.1. The normalized spacial score (nSPS) is 16.4. The summed E-state index contributed by atoms with van der Waals surface area (Å²) >= 11 is 0. The Bertz CT molecular complexity index is 1480. The van der Waals surface area contributed by atoms with Crippen LogP contribution in [0.3, 0.4) is 0 Å². The molecule has 252 valence electrons. The molecule has 2 aliphatic rings. The van der Waals surface area contributed by atoms with Crippen molar-refractivity contribution in [1.82, 2.24) is 4.57 Å². The molecule has 8 N–H and O–H groups in total. The first-order chi connectivity index (χ1) is 22.2. The monoisotopic (exact) mass is 637 g/mol. The molecule has 1 aliphatic heterocycles. The van der Waals surface area contributed by atoms with Crippen LogP contribution >= 0.6 is 0 Å². The van der Waals surface area contributed by atoms with Gasteiger partial charge in [-0.3, -0.25) is 19.0 Å². The van der Waals surface area contributed by atoms with Gasteiger partial charge in [0.1, 0.15) is 11.9 Å². The van der Waals surface area contributed by atoms with Crippen LogP contribution in [-0.4, -0.2) is 53.5 Å². The largest absolute Gasteiger partial charge is 0.480 e. The third kappa shape index (κ3) is 8.60. The molecule has 0 saturated heterocycles. The van der Waals surface area contributed by atoms with Gasteiger partial charge in [0.2, 0.25) is 5.91 Å². The molecule has 1 saturated carbocycles. The molecule has 5 rings (SSSR count). The smallest absolute Gasteiger partial charge is 0.320 e. The van der Waals surface area contributed by atoms with Crippen molar-refractivity contribution in [3.63, 3.8) is 0 Å². The molecule has 2 aromatic carbocycles. The van der Waals surface area contributed by atoms with E-state index in [1.165, 1.54) is 38.4 Å². The topological polar surface area (TPSA) is 166 Å². The molecule has 1 unspecified atom stereocenters. The van der Waals surface area contributed by atoms with E-state index in [4.69, 9.17) is 16.6 Å². The maximum atomic E-state index is 14.3. The van der Waals surface area contributed by atoms with Crippen LogP contribution in [0.25, 0.3) is 22.0 Å². The van der Waals surface area contributed by atoms with Gasteiger partial charge in [-0.1, -0.05) is 45.6 Å². The average molecular weight is 638 g/mol. The van der Waals surface area contributed by atoms with E-state index >= 15 is 0 Å². The van der Waals surface area contributed by atoms with Crippen molar-refractivity contribution in [3.8, 4) is 11.1 Å². The van der Waals surface area contributed by atoms with Gasteiger partial charge in [0.05, 0.1) is 5.52 Å². The second-order valence-corrected chi connectivity index (χ2v) is 12.4. The van der Waals surface area contributed by atoms with Crippen LogP contribution in [-0.2, 0) is 11.2 Å². The van der Waals surface area contributed by atoms with Crippen LogP contribution in [0.4, 0.5) is 10.1 Å². The fraction of sp³-hybridized carbons (Fsp3) is 0.528. The number of hydrogen-bond donors (Lipinski definition) is 5. The SMILES string of the molecule is CCC1(CC)CC(=O)n2c(c(-c3ccc(C=O)c(NC4CCCCC4)c3)c3ccc(F)cc32)C1.CN.NCCCCC(N)C(=O)O. The maximum Gasteiger partial charge on any atom is 0.320 e. The predicted molar refractivity (Wildman–Crippen MR) is 184 cm³/mol. The summed E-state index contributed by atoms with van der Waals surface area (Å²) in [5, 5.41) is 12.8. The van der Waals surface area contributed by atoms with E-state index in [-0.39, 0.29) is 17.1 Å². The highest BCUT2D eigenvalue weighted by Crippen LogP contribution is 2.46. The fourth-order valence-corrected chi connectivity index (χ4v) is 6.69. The van der Waals surface area contributed by atoms with E-state index in [1.54, 1.807) is 10.6 Å². The number of carbonyl (C=O) groups is 3. The van der Waals surface area contributed by atoms with Crippen molar-refractivity contribution >= 4 is 34.8 Å². The molecule has 1 atom stereocenters. The Kier molecular flexibility index (Phi) is 13.9. The second-order valence-electron chi connectivity index (χ2n) is 12.4. The molecular formula is C36H52FN5O4. The lowest BCUT2D eigenvalue weighted by atomic mass is 9.72. The first-order valence-electron chi connectivity index (χ1n) is 16.6. The van der Waals surface area contributed by atoms with Crippen molar-refractivity contribution in [2.24, 2.45) is 22.6 Å². The van der Waals surface area contributed by atoms with Crippen LogP contribution in [0.5, 0.6) is 0 Å². The standard InChI is InChI=1S/C29H33FN2O2.C6H14N2O2.CH5N/c1-3-29(4-2)16-26-28(23-13-12-21(30)15-25(23)32(26)27(34)17-29)19-10-11-20(18-33)24(14-19)31-22-8-6-5-7-9-22;7-4-2-1-3-5(8)6(9)10;1-2/h10-15,18,22,31H,3-9,16-17H2,1-2H3;5H,1-4,7-8H2,(H,9,10);2H2,1H3. The minimum Gasteiger partial charge on any atom is -0.480 e. The molecule has 1 fully saturated rings. The molecule has 1 aliphatic carbocycles. The maximum absolute atomic E-state index is 14.3. The number of nitrogens with zero attached hydrogens (tertiary/aromatic N) is 1. The van der Waals surface area contributed by atoms with Gasteiger partial charge >= 0.3 is 5.97 Å². The van der Waals surface area contributed by atoms with Gasteiger partial charge < -0.3 is 27.6 Å². The zero-order valence-corrected chi connectivity index (χ0v) is 27.6. The number of hydrogen-bond acceptors (Lipinski definition) is 7. The summed E-state index contributed by atoms with van der Waals surface area (Å²) in [6, 6.07) is 10.3. The fourth-order valence-electron chi connectivity index (χ4n) is 6.69. The third-order valence-corrected chi connectivity index (χ3v) is 9.57. The molecule has 0 spiro atoms. The van der Waals surface area contributed by atoms with Crippen molar-refractivity contribution in [1.29, 1.82) is 0 Å². The number of halogens is 1. The average Bonchev–Trinajstić information content (AvgIpc) is 3.39. The number of carbonyl (C=O) groups excluding carboxylic acids is 2. The number of nitrogens with two attached hydrogens (primary N) is 3. The van der Waals surface area contributed by atoms with E-state index in [0.717, 1.165) is 79.1 Å². The number of aromatic nitrogens is 1. The molecular weight excluding hydrogens is 585 g/mol. The van der Waals surface area contributed by atoms with E-state index in [1.807, 2.05) is 12.1 Å². The van der Waals surface area contributed by atoms with Crippen molar-refractivity contribution in [3.05, 3.63) is 53.5 Å². The Morgan fingerprint density at radius 1 is 1.09 bits per heavy atom. The highest BCUT2D eigenvalue weighted by molar-refractivity contribution is 6.05. The first kappa shape index (κ1) is 36.9. The predicted octanol–water partition coefficient (Wildman–Crippen LogP) is 6.50. The van der Waals surface area contributed by atoms with E-state index in [0.29, 0.717) is 36.5 Å². The lowest BCUT2D eigenvalue weighted by molar-refractivity contribution is -0.138. The summed E-state index contributed by atoms with van der Waals surface area (Å²) in [7, 11) is 1.50. The van der Waals surface area contributed by atoms with Gasteiger partial charge in [-0.2, -0.15) is 0 Å². The van der Waals surface area contributed by atoms with Gasteiger partial charge in [0.25, 0.3) is 0 Å². The zero-order valence-electron chi connectivity index (χ0n) is 27.6. The molecule has 46 heavy (non-hydrogen) atoms. The number of rotatable bonds is 11. The van der Waals surface area contributed by atoms with Gasteiger partial charge in [0.15, 0.2) is 6.29 Å². The molecule has 3 aromatic rings. The number of aliphatic carboxylic acids is 1. The van der Waals surface area contributed by atoms with Gasteiger partial charge in [0, 0.05) is 40.4 Å². The minimum absolute atomic E-state index is 0.0388. The quantitative estimate of drug-likeness (QED) is 0.117.